The number of carbonyl (C=O) groups excluding carboxylic acids is 2. The Morgan fingerprint density at radius 1 is 1.55 bits per heavy atom. The van der Waals surface area contributed by atoms with Crippen LogP contribution in [0.4, 0.5) is 0 Å². The fraction of sp³-hybridized carbons (Fsp3) is 0.714. The molecule has 1 heterocycles. The zero-order valence-electron chi connectivity index (χ0n) is 6.46. The van der Waals surface area contributed by atoms with Crippen molar-refractivity contribution < 1.29 is 9.59 Å². The van der Waals surface area contributed by atoms with Crippen molar-refractivity contribution in [3.63, 3.8) is 0 Å². The Labute approximate surface area is 65.3 Å². The normalized spacial score (nSPS) is 23.7. The first-order valence-corrected chi connectivity index (χ1v) is 3.65. The van der Waals surface area contributed by atoms with Gasteiger partial charge in [-0.1, -0.05) is 0 Å². The molecule has 0 bridgehead atoms. The third-order valence-corrected chi connectivity index (χ3v) is 1.96. The lowest BCUT2D eigenvalue weighted by Gasteiger charge is -2.19. The number of hydrogen-bond donors (Lipinski definition) is 0. The first-order valence-electron chi connectivity index (χ1n) is 3.65. The van der Waals surface area contributed by atoms with E-state index in [1.807, 2.05) is 0 Å². The molecule has 1 saturated heterocycles. The number of nitrogens with zero attached hydrogens (tertiary/aromatic N) is 1. The molecule has 1 atom stereocenters. The molecule has 0 aromatic rings. The molecule has 2 amide bonds. The summed E-state index contributed by atoms with van der Waals surface area (Å²) < 4.78 is 0. The van der Waals surface area contributed by atoms with Gasteiger partial charge < -0.3 is 4.90 Å². The second-order valence-electron chi connectivity index (χ2n) is 2.73. The highest BCUT2D eigenvalue weighted by Crippen LogP contribution is 2.16. The van der Waals surface area contributed by atoms with Crippen LogP contribution in [0.15, 0.2) is 0 Å². The summed E-state index contributed by atoms with van der Waals surface area (Å²) in [5.74, 6) is -0.745. The van der Waals surface area contributed by atoms with Gasteiger partial charge in [0.25, 0.3) is 5.91 Å². The van der Waals surface area contributed by atoms with Crippen LogP contribution >= 0.6 is 0 Å². The highest BCUT2D eigenvalue weighted by atomic mass is 16.2. The molecular weight excluding hydrogens is 144 g/mol. The SMILES string of the molecule is CC(=O)N1CCCC1C([NH])=O. The summed E-state index contributed by atoms with van der Waals surface area (Å²) in [5, 5.41) is 0. The number of likely N-dealkylation sites (tertiary alicyclic amines) is 1. The Hall–Kier alpha value is -1.06. The topological polar surface area (TPSA) is 61.2 Å². The molecule has 1 N–H and O–H groups in total. The largest absolute Gasteiger partial charge is 0.331 e. The molecular formula is C7H11N2O2. The number of carbonyl (C=O) groups is 2. The maximum atomic E-state index is 10.9. The van der Waals surface area contributed by atoms with Gasteiger partial charge in [0.2, 0.25) is 5.91 Å². The van der Waals surface area contributed by atoms with Gasteiger partial charge in [0.15, 0.2) is 0 Å². The van der Waals surface area contributed by atoms with Crippen molar-refractivity contribution in [2.45, 2.75) is 25.8 Å². The molecule has 4 heteroatoms. The molecule has 1 rings (SSSR count). The van der Waals surface area contributed by atoms with Crippen LogP contribution in [0.25, 0.3) is 0 Å². The summed E-state index contributed by atoms with van der Waals surface area (Å²) in [6.07, 6.45) is 1.50. The van der Waals surface area contributed by atoms with Gasteiger partial charge in [0, 0.05) is 13.5 Å². The van der Waals surface area contributed by atoms with Gasteiger partial charge in [-0.05, 0) is 12.8 Å². The molecule has 0 aliphatic carbocycles. The van der Waals surface area contributed by atoms with Crippen molar-refractivity contribution in [2.75, 3.05) is 6.54 Å². The van der Waals surface area contributed by atoms with Gasteiger partial charge in [0.1, 0.15) is 6.04 Å². The predicted octanol–water partition coefficient (Wildman–Crippen LogP) is -0.193. The van der Waals surface area contributed by atoms with E-state index in [4.69, 9.17) is 5.73 Å². The summed E-state index contributed by atoms with van der Waals surface area (Å²) in [5.41, 5.74) is 6.87. The van der Waals surface area contributed by atoms with Gasteiger partial charge in [0.05, 0.1) is 0 Å². The third kappa shape index (κ3) is 1.50. The maximum absolute atomic E-state index is 10.9. The maximum Gasteiger partial charge on any atom is 0.261 e. The lowest BCUT2D eigenvalue weighted by Crippen LogP contribution is -2.39. The smallest absolute Gasteiger partial charge is 0.261 e. The zero-order valence-corrected chi connectivity index (χ0v) is 6.46. The van der Waals surface area contributed by atoms with Crippen LogP contribution in [0.1, 0.15) is 19.8 Å². The first kappa shape index (κ1) is 8.04. The minimum absolute atomic E-state index is 0.104. The molecule has 0 spiro atoms. The Morgan fingerprint density at radius 3 is 2.55 bits per heavy atom. The zero-order chi connectivity index (χ0) is 8.43. The standard InChI is InChI=1S/C7H11N2O2/c1-5(10)9-4-2-3-6(9)7(8)11/h6,8H,2-4H2,1H3. The van der Waals surface area contributed by atoms with E-state index in [0.717, 1.165) is 6.42 Å². The van der Waals surface area contributed by atoms with Crippen molar-refractivity contribution >= 4 is 11.8 Å². The van der Waals surface area contributed by atoms with Gasteiger partial charge in [-0.25, -0.2) is 0 Å². The van der Waals surface area contributed by atoms with E-state index < -0.39 is 11.9 Å². The number of rotatable bonds is 1. The average molecular weight is 155 g/mol. The van der Waals surface area contributed by atoms with Crippen LogP contribution < -0.4 is 5.73 Å². The summed E-state index contributed by atoms with van der Waals surface area (Å²) in [6.45, 7) is 2.06. The first-order chi connectivity index (χ1) is 5.13. The minimum atomic E-state index is -0.641. The number of hydrogen-bond acceptors (Lipinski definition) is 2. The Kier molecular flexibility index (Phi) is 2.12. The molecule has 0 aromatic heterocycles. The van der Waals surface area contributed by atoms with Gasteiger partial charge in [-0.15, -0.1) is 0 Å². The van der Waals surface area contributed by atoms with Crippen molar-refractivity contribution in [1.82, 2.24) is 10.6 Å². The van der Waals surface area contributed by atoms with Crippen LogP contribution in [0, 0.1) is 0 Å². The van der Waals surface area contributed by atoms with Crippen molar-refractivity contribution in [1.29, 1.82) is 0 Å². The van der Waals surface area contributed by atoms with Crippen molar-refractivity contribution in [3.8, 4) is 0 Å². The summed E-state index contributed by atoms with van der Waals surface area (Å²) in [4.78, 5) is 23.0. The third-order valence-electron chi connectivity index (χ3n) is 1.96. The number of amides is 2. The lowest BCUT2D eigenvalue weighted by atomic mass is 10.2. The Balaban J connectivity index is 2.65. The van der Waals surface area contributed by atoms with E-state index in [1.165, 1.54) is 11.8 Å². The lowest BCUT2D eigenvalue weighted by molar-refractivity contribution is -0.135. The van der Waals surface area contributed by atoms with Gasteiger partial charge >= 0.3 is 0 Å². The molecule has 61 valence electrons. The highest BCUT2D eigenvalue weighted by molar-refractivity contribution is 5.85. The molecule has 1 radical (unpaired) electrons. The minimum Gasteiger partial charge on any atom is -0.331 e. The summed E-state index contributed by atoms with van der Waals surface area (Å²) in [6, 6.07) is -0.465. The van der Waals surface area contributed by atoms with Crippen LogP contribution in [-0.2, 0) is 9.59 Å². The van der Waals surface area contributed by atoms with Gasteiger partial charge in [-0.2, -0.15) is 0 Å². The van der Waals surface area contributed by atoms with E-state index in [0.29, 0.717) is 13.0 Å². The van der Waals surface area contributed by atoms with E-state index >= 15 is 0 Å². The van der Waals surface area contributed by atoms with Crippen LogP contribution in [0.5, 0.6) is 0 Å². The van der Waals surface area contributed by atoms with E-state index in [2.05, 4.69) is 0 Å². The molecule has 1 aliphatic rings. The summed E-state index contributed by atoms with van der Waals surface area (Å²) in [7, 11) is 0. The molecule has 11 heavy (non-hydrogen) atoms. The summed E-state index contributed by atoms with van der Waals surface area (Å²) >= 11 is 0. The number of nitrogens with one attached hydrogen (secondary N) is 1. The van der Waals surface area contributed by atoms with Crippen molar-refractivity contribution in [2.24, 2.45) is 0 Å². The highest BCUT2D eigenvalue weighted by Gasteiger charge is 2.30. The average Bonchev–Trinajstić information content (AvgIpc) is 2.32. The molecule has 0 aromatic carbocycles. The van der Waals surface area contributed by atoms with E-state index in [9.17, 15) is 9.59 Å². The van der Waals surface area contributed by atoms with Crippen LogP contribution in [0.3, 0.4) is 0 Å². The van der Waals surface area contributed by atoms with E-state index in [-0.39, 0.29) is 5.91 Å². The molecule has 4 nitrogen and oxygen atoms in total. The Morgan fingerprint density at radius 2 is 2.18 bits per heavy atom. The second-order valence-corrected chi connectivity index (χ2v) is 2.73. The van der Waals surface area contributed by atoms with Crippen molar-refractivity contribution in [3.05, 3.63) is 0 Å². The fourth-order valence-corrected chi connectivity index (χ4v) is 1.42. The molecule has 1 fully saturated rings. The molecule has 1 unspecified atom stereocenters. The van der Waals surface area contributed by atoms with Crippen LogP contribution in [-0.4, -0.2) is 29.3 Å². The molecule has 1 aliphatic heterocycles. The fourth-order valence-electron chi connectivity index (χ4n) is 1.42. The molecule has 0 saturated carbocycles. The predicted molar refractivity (Wildman–Crippen MR) is 38.5 cm³/mol. The Bertz CT molecular complexity index is 171. The second kappa shape index (κ2) is 2.90. The quantitative estimate of drug-likeness (QED) is 0.526. The van der Waals surface area contributed by atoms with E-state index in [1.54, 1.807) is 0 Å². The van der Waals surface area contributed by atoms with Gasteiger partial charge in [-0.3, -0.25) is 15.3 Å². The van der Waals surface area contributed by atoms with Crippen LogP contribution in [0.2, 0.25) is 0 Å². The monoisotopic (exact) mass is 155 g/mol.